The van der Waals surface area contributed by atoms with Gasteiger partial charge in [0.05, 0.1) is 5.69 Å². The molecule has 1 aromatic carbocycles. The fraction of sp³-hybridized carbons (Fsp3) is 0.214. The molecule has 0 amide bonds. The normalized spacial score (nSPS) is 10.5. The van der Waals surface area contributed by atoms with E-state index in [0.29, 0.717) is 0 Å². The molecule has 2 rings (SSSR count). The van der Waals surface area contributed by atoms with Crippen LogP contribution in [0.1, 0.15) is 17.0 Å². The number of pyridine rings is 1. The molecule has 0 aliphatic rings. The first kappa shape index (κ1) is 12.0. The molecule has 0 aliphatic carbocycles. The molecule has 0 spiro atoms. The lowest BCUT2D eigenvalue weighted by atomic mass is 10.2. The maximum atomic E-state index is 5.73. The van der Waals surface area contributed by atoms with Gasteiger partial charge in [-0.05, 0) is 49.7 Å². The number of nitrogens with zero attached hydrogens (tertiary/aromatic N) is 1. The summed E-state index contributed by atoms with van der Waals surface area (Å²) < 4.78 is 0. The highest BCUT2D eigenvalue weighted by molar-refractivity contribution is 7.98. The second-order valence-corrected chi connectivity index (χ2v) is 5.10. The smallest absolute Gasteiger partial charge is 0.0509 e. The zero-order chi connectivity index (χ0) is 12.3. The Labute approximate surface area is 106 Å². The molecule has 0 saturated heterocycles. The van der Waals surface area contributed by atoms with Crippen molar-refractivity contribution in [2.24, 2.45) is 0 Å². The zero-order valence-electron chi connectivity index (χ0n) is 10.1. The summed E-state index contributed by atoms with van der Waals surface area (Å²) >= 11 is 1.80. The second kappa shape index (κ2) is 5.23. The van der Waals surface area contributed by atoms with E-state index in [4.69, 9.17) is 5.73 Å². The van der Waals surface area contributed by atoms with E-state index in [9.17, 15) is 0 Å². The van der Waals surface area contributed by atoms with Crippen LogP contribution in [0.4, 0.5) is 5.69 Å². The molecule has 0 unspecified atom stereocenters. The fourth-order valence-corrected chi connectivity index (χ4v) is 2.58. The summed E-state index contributed by atoms with van der Waals surface area (Å²) in [4.78, 5) is 5.76. The molecule has 1 heterocycles. The number of aryl methyl sites for hydroxylation is 2. The summed E-state index contributed by atoms with van der Waals surface area (Å²) in [6.07, 6.45) is 0. The van der Waals surface area contributed by atoms with Crippen molar-refractivity contribution in [1.82, 2.24) is 4.98 Å². The predicted octanol–water partition coefficient (Wildman–Crippen LogP) is 3.57. The fourth-order valence-electron chi connectivity index (χ4n) is 1.67. The first-order valence-corrected chi connectivity index (χ1v) is 6.55. The molecular formula is C14H16N2S. The summed E-state index contributed by atoms with van der Waals surface area (Å²) in [5.41, 5.74) is 9.96. The molecule has 0 saturated carbocycles. The molecule has 0 radical (unpaired) electrons. The number of thioether (sulfide) groups is 1. The first-order valence-electron chi connectivity index (χ1n) is 5.56. The molecule has 0 atom stereocenters. The van der Waals surface area contributed by atoms with Crippen molar-refractivity contribution >= 4 is 17.4 Å². The van der Waals surface area contributed by atoms with Gasteiger partial charge in [-0.25, -0.2) is 0 Å². The van der Waals surface area contributed by atoms with Gasteiger partial charge in [-0.2, -0.15) is 0 Å². The zero-order valence-corrected chi connectivity index (χ0v) is 10.9. The van der Waals surface area contributed by atoms with Gasteiger partial charge in [0.1, 0.15) is 0 Å². The van der Waals surface area contributed by atoms with Crippen molar-refractivity contribution in [1.29, 1.82) is 0 Å². The van der Waals surface area contributed by atoms with Crippen LogP contribution < -0.4 is 5.73 Å². The number of nitrogen functional groups attached to an aromatic ring is 1. The highest BCUT2D eigenvalue weighted by atomic mass is 32.2. The first-order chi connectivity index (χ1) is 8.15. The topological polar surface area (TPSA) is 38.9 Å². The van der Waals surface area contributed by atoms with E-state index < -0.39 is 0 Å². The molecule has 1 aromatic heterocycles. The number of nitrogens with two attached hydrogens (primary N) is 1. The number of anilines is 1. The molecule has 2 aromatic rings. The minimum Gasteiger partial charge on any atom is -0.399 e. The van der Waals surface area contributed by atoms with Crippen LogP contribution in [0.15, 0.2) is 41.3 Å². The Morgan fingerprint density at radius 3 is 2.71 bits per heavy atom. The van der Waals surface area contributed by atoms with Gasteiger partial charge in [0.15, 0.2) is 0 Å². The van der Waals surface area contributed by atoms with Crippen molar-refractivity contribution in [2.45, 2.75) is 24.5 Å². The summed E-state index contributed by atoms with van der Waals surface area (Å²) in [6, 6.07) is 12.2. The van der Waals surface area contributed by atoms with Gasteiger partial charge < -0.3 is 5.73 Å². The highest BCUT2D eigenvalue weighted by Gasteiger charge is 2.01. The standard InChI is InChI=1S/C14H16N2S/c1-10-8-12(15)6-7-14(10)17-9-13-5-3-4-11(2)16-13/h3-8H,9,15H2,1-2H3. The molecule has 17 heavy (non-hydrogen) atoms. The van der Waals surface area contributed by atoms with E-state index in [-0.39, 0.29) is 0 Å². The lowest BCUT2D eigenvalue weighted by Crippen LogP contribution is -1.90. The van der Waals surface area contributed by atoms with Crippen LogP contribution in [0.3, 0.4) is 0 Å². The number of hydrogen-bond donors (Lipinski definition) is 1. The SMILES string of the molecule is Cc1cccc(CSc2ccc(N)cc2C)n1. The number of hydrogen-bond acceptors (Lipinski definition) is 3. The molecule has 0 fully saturated rings. The highest BCUT2D eigenvalue weighted by Crippen LogP contribution is 2.26. The van der Waals surface area contributed by atoms with Gasteiger partial charge in [0.25, 0.3) is 0 Å². The molecule has 0 bridgehead atoms. The van der Waals surface area contributed by atoms with Crippen LogP contribution in [0, 0.1) is 13.8 Å². The third kappa shape index (κ3) is 3.24. The second-order valence-electron chi connectivity index (χ2n) is 4.08. The van der Waals surface area contributed by atoms with Gasteiger partial charge in [-0.1, -0.05) is 6.07 Å². The largest absolute Gasteiger partial charge is 0.399 e. The summed E-state index contributed by atoms with van der Waals surface area (Å²) in [5.74, 6) is 0.895. The van der Waals surface area contributed by atoms with E-state index in [1.807, 2.05) is 31.2 Å². The molecule has 2 nitrogen and oxygen atoms in total. The van der Waals surface area contributed by atoms with Crippen molar-refractivity contribution < 1.29 is 0 Å². The lowest BCUT2D eigenvalue weighted by Gasteiger charge is -2.06. The van der Waals surface area contributed by atoms with Gasteiger partial charge in [-0.3, -0.25) is 4.98 Å². The van der Waals surface area contributed by atoms with E-state index in [1.54, 1.807) is 11.8 Å². The monoisotopic (exact) mass is 244 g/mol. The van der Waals surface area contributed by atoms with Crippen molar-refractivity contribution in [3.05, 3.63) is 53.3 Å². The third-order valence-electron chi connectivity index (χ3n) is 2.52. The van der Waals surface area contributed by atoms with Crippen LogP contribution in [0.2, 0.25) is 0 Å². The van der Waals surface area contributed by atoms with Crippen molar-refractivity contribution in [3.63, 3.8) is 0 Å². The Bertz CT molecular complexity index is 523. The van der Waals surface area contributed by atoms with Crippen molar-refractivity contribution in [2.75, 3.05) is 5.73 Å². The number of aromatic nitrogens is 1. The number of benzene rings is 1. The molecule has 2 N–H and O–H groups in total. The molecular weight excluding hydrogens is 228 g/mol. The van der Waals surface area contributed by atoms with Gasteiger partial charge in [0, 0.05) is 22.0 Å². The Hall–Kier alpha value is -1.48. The van der Waals surface area contributed by atoms with Gasteiger partial charge in [-0.15, -0.1) is 11.8 Å². The third-order valence-corrected chi connectivity index (χ3v) is 3.73. The number of rotatable bonds is 3. The molecule has 88 valence electrons. The van der Waals surface area contributed by atoms with Gasteiger partial charge in [0.2, 0.25) is 0 Å². The average molecular weight is 244 g/mol. The van der Waals surface area contributed by atoms with Crippen LogP contribution in [0.5, 0.6) is 0 Å². The van der Waals surface area contributed by atoms with Crippen LogP contribution in [0.25, 0.3) is 0 Å². The quantitative estimate of drug-likeness (QED) is 0.662. The Morgan fingerprint density at radius 1 is 1.18 bits per heavy atom. The van der Waals surface area contributed by atoms with E-state index in [1.165, 1.54) is 10.5 Å². The van der Waals surface area contributed by atoms with E-state index >= 15 is 0 Å². The maximum absolute atomic E-state index is 5.73. The lowest BCUT2D eigenvalue weighted by molar-refractivity contribution is 1.10. The van der Waals surface area contributed by atoms with Crippen LogP contribution in [-0.4, -0.2) is 4.98 Å². The summed E-state index contributed by atoms with van der Waals surface area (Å²) in [7, 11) is 0. The predicted molar refractivity (Wildman–Crippen MR) is 74.1 cm³/mol. The Morgan fingerprint density at radius 2 is 2.00 bits per heavy atom. The average Bonchev–Trinajstić information content (AvgIpc) is 2.28. The minimum atomic E-state index is 0.820. The van der Waals surface area contributed by atoms with Crippen molar-refractivity contribution in [3.8, 4) is 0 Å². The van der Waals surface area contributed by atoms with Crippen LogP contribution >= 0.6 is 11.8 Å². The molecule has 0 aliphatic heterocycles. The van der Waals surface area contributed by atoms with Gasteiger partial charge >= 0.3 is 0 Å². The van der Waals surface area contributed by atoms with E-state index in [0.717, 1.165) is 22.8 Å². The Kier molecular flexibility index (Phi) is 3.69. The Balaban J connectivity index is 2.07. The minimum absolute atomic E-state index is 0.820. The maximum Gasteiger partial charge on any atom is 0.0509 e. The summed E-state index contributed by atoms with van der Waals surface area (Å²) in [5, 5.41) is 0. The summed E-state index contributed by atoms with van der Waals surface area (Å²) in [6.45, 7) is 4.10. The van der Waals surface area contributed by atoms with E-state index in [2.05, 4.69) is 24.0 Å². The van der Waals surface area contributed by atoms with Crippen LogP contribution in [-0.2, 0) is 5.75 Å². The molecule has 3 heteroatoms.